The van der Waals surface area contributed by atoms with Crippen molar-refractivity contribution in [1.29, 1.82) is 0 Å². The highest BCUT2D eigenvalue weighted by molar-refractivity contribution is 6.37. The van der Waals surface area contributed by atoms with Crippen LogP contribution in [0.25, 0.3) is 0 Å². The molecule has 2 aromatic rings. The molecule has 2 rings (SSSR count). The molecule has 0 atom stereocenters. The predicted molar refractivity (Wildman–Crippen MR) is 76.9 cm³/mol. The van der Waals surface area contributed by atoms with Crippen LogP contribution in [0.5, 0.6) is 5.75 Å². The number of nitrogens with one attached hydrogen (secondary N) is 1. The minimum Gasteiger partial charge on any atom is -0.505 e. The van der Waals surface area contributed by atoms with Crippen LogP contribution in [0, 0.1) is 5.82 Å². The third kappa shape index (κ3) is 3.44. The van der Waals surface area contributed by atoms with Gasteiger partial charge in [-0.1, -0.05) is 40.9 Å². The van der Waals surface area contributed by atoms with Crippen LogP contribution in [-0.2, 0) is 6.54 Å². The number of hydrogen-bond acceptors (Lipinski definition) is 2. The van der Waals surface area contributed by atoms with Crippen LogP contribution in [0.4, 0.5) is 10.1 Å². The summed E-state index contributed by atoms with van der Waals surface area (Å²) in [4.78, 5) is 0. The summed E-state index contributed by atoms with van der Waals surface area (Å²) in [6.45, 7) is 0.385. The fourth-order valence-corrected chi connectivity index (χ4v) is 2.25. The van der Waals surface area contributed by atoms with E-state index in [1.54, 1.807) is 18.2 Å². The highest BCUT2D eigenvalue weighted by Crippen LogP contribution is 2.34. The molecule has 0 aliphatic rings. The lowest BCUT2D eigenvalue weighted by molar-refractivity contribution is 0.476. The van der Waals surface area contributed by atoms with Gasteiger partial charge in [-0.2, -0.15) is 0 Å². The maximum absolute atomic E-state index is 12.9. The summed E-state index contributed by atoms with van der Waals surface area (Å²) in [6, 6.07) is 7.25. The number of phenolic OH excluding ortho intramolecular Hbond substituents is 1. The van der Waals surface area contributed by atoms with E-state index in [1.807, 2.05) is 0 Å². The zero-order valence-electron chi connectivity index (χ0n) is 9.55. The van der Waals surface area contributed by atoms with Crippen LogP contribution < -0.4 is 5.32 Å². The minimum atomic E-state index is -0.385. The summed E-state index contributed by atoms with van der Waals surface area (Å²) >= 11 is 17.5. The van der Waals surface area contributed by atoms with Gasteiger partial charge in [-0.25, -0.2) is 4.39 Å². The average molecular weight is 321 g/mol. The monoisotopic (exact) mass is 319 g/mol. The fourth-order valence-electron chi connectivity index (χ4n) is 1.53. The molecule has 0 spiro atoms. The van der Waals surface area contributed by atoms with Crippen LogP contribution in [-0.4, -0.2) is 5.11 Å². The highest BCUT2D eigenvalue weighted by atomic mass is 35.5. The van der Waals surface area contributed by atoms with Crippen molar-refractivity contribution in [3.05, 3.63) is 56.8 Å². The van der Waals surface area contributed by atoms with Crippen molar-refractivity contribution in [2.75, 3.05) is 5.32 Å². The van der Waals surface area contributed by atoms with Gasteiger partial charge in [0.05, 0.1) is 10.0 Å². The van der Waals surface area contributed by atoms with Crippen molar-refractivity contribution in [2.24, 2.45) is 0 Å². The summed E-state index contributed by atoms with van der Waals surface area (Å²) in [5.74, 6) is -0.543. The van der Waals surface area contributed by atoms with Gasteiger partial charge >= 0.3 is 0 Å². The van der Waals surface area contributed by atoms with E-state index in [-0.39, 0.29) is 21.6 Å². The Bertz CT molecular complexity index is 596. The van der Waals surface area contributed by atoms with Crippen molar-refractivity contribution in [1.82, 2.24) is 0 Å². The van der Waals surface area contributed by atoms with E-state index < -0.39 is 0 Å². The summed E-state index contributed by atoms with van der Waals surface area (Å²) < 4.78 is 12.9. The van der Waals surface area contributed by atoms with E-state index in [2.05, 4.69) is 5.32 Å². The molecule has 0 amide bonds. The highest BCUT2D eigenvalue weighted by Gasteiger charge is 2.07. The number of halogens is 4. The summed E-state index contributed by atoms with van der Waals surface area (Å²) in [7, 11) is 0. The molecule has 19 heavy (non-hydrogen) atoms. The molecule has 0 aliphatic heterocycles. The zero-order valence-corrected chi connectivity index (χ0v) is 11.8. The molecule has 0 radical (unpaired) electrons. The van der Waals surface area contributed by atoms with Gasteiger partial charge in [0.2, 0.25) is 0 Å². The first-order valence-electron chi connectivity index (χ1n) is 5.33. The van der Waals surface area contributed by atoms with Crippen molar-refractivity contribution in [2.45, 2.75) is 6.54 Å². The van der Waals surface area contributed by atoms with Crippen molar-refractivity contribution >= 4 is 40.5 Å². The molecule has 0 unspecified atom stereocenters. The van der Waals surface area contributed by atoms with Gasteiger partial charge in [0.15, 0.2) is 5.75 Å². The first-order valence-corrected chi connectivity index (χ1v) is 6.46. The number of benzene rings is 2. The third-order valence-corrected chi connectivity index (χ3v) is 3.44. The van der Waals surface area contributed by atoms with Crippen LogP contribution in [0.3, 0.4) is 0 Å². The van der Waals surface area contributed by atoms with Gasteiger partial charge in [-0.15, -0.1) is 0 Å². The van der Waals surface area contributed by atoms with Gasteiger partial charge in [-0.3, -0.25) is 0 Å². The maximum atomic E-state index is 12.9. The smallest absolute Gasteiger partial charge is 0.152 e. The van der Waals surface area contributed by atoms with Crippen LogP contribution in [0.2, 0.25) is 15.1 Å². The number of rotatable bonds is 3. The molecule has 100 valence electrons. The molecule has 0 heterocycles. The Kier molecular flexibility index (Phi) is 4.40. The van der Waals surface area contributed by atoms with Crippen LogP contribution in [0.1, 0.15) is 5.56 Å². The molecule has 6 heteroatoms. The Morgan fingerprint density at radius 3 is 2.21 bits per heavy atom. The second-order valence-corrected chi connectivity index (χ2v) is 5.10. The molecule has 0 aliphatic carbocycles. The fraction of sp³-hybridized carbons (Fsp3) is 0.0769. The van der Waals surface area contributed by atoms with Gasteiger partial charge in [0.1, 0.15) is 5.82 Å². The molecule has 2 N–H and O–H groups in total. The van der Waals surface area contributed by atoms with E-state index in [0.717, 1.165) is 5.56 Å². The maximum Gasteiger partial charge on any atom is 0.152 e. The molecule has 0 bridgehead atoms. The summed E-state index contributed by atoms with van der Waals surface area (Å²) in [6.07, 6.45) is 0. The van der Waals surface area contributed by atoms with E-state index >= 15 is 0 Å². The molecule has 0 aromatic heterocycles. The standard InChI is InChI=1S/C13H9Cl3FNO/c14-10-3-8(17)2-1-7(10)6-18-9-4-11(15)13(19)12(16)5-9/h1-5,18-19H,6H2. The molecule has 0 saturated heterocycles. The number of aromatic hydroxyl groups is 1. The van der Waals surface area contributed by atoms with Gasteiger partial charge in [0, 0.05) is 17.3 Å². The lowest BCUT2D eigenvalue weighted by atomic mass is 10.2. The largest absolute Gasteiger partial charge is 0.505 e. The van der Waals surface area contributed by atoms with Crippen LogP contribution >= 0.6 is 34.8 Å². The first kappa shape index (κ1) is 14.3. The quantitative estimate of drug-likeness (QED) is 0.771. The number of hydrogen-bond donors (Lipinski definition) is 2. The number of phenols is 1. The van der Waals surface area contributed by atoms with Gasteiger partial charge in [-0.05, 0) is 29.8 Å². The van der Waals surface area contributed by atoms with Crippen molar-refractivity contribution in [3.8, 4) is 5.75 Å². The second kappa shape index (κ2) is 5.87. The van der Waals surface area contributed by atoms with E-state index in [1.165, 1.54) is 12.1 Å². The lowest BCUT2D eigenvalue weighted by Crippen LogP contribution is -2.00. The summed E-state index contributed by atoms with van der Waals surface area (Å²) in [5.41, 5.74) is 1.37. The van der Waals surface area contributed by atoms with E-state index in [4.69, 9.17) is 34.8 Å². The molecular formula is C13H9Cl3FNO. The Hall–Kier alpha value is -1.16. The van der Waals surface area contributed by atoms with Crippen LogP contribution in [0.15, 0.2) is 30.3 Å². The number of anilines is 1. The van der Waals surface area contributed by atoms with Crippen molar-refractivity contribution < 1.29 is 9.50 Å². The van der Waals surface area contributed by atoms with Crippen molar-refractivity contribution in [3.63, 3.8) is 0 Å². The molecule has 2 nitrogen and oxygen atoms in total. The lowest BCUT2D eigenvalue weighted by Gasteiger charge is -2.10. The summed E-state index contributed by atoms with van der Waals surface area (Å²) in [5, 5.41) is 13.1. The van der Waals surface area contributed by atoms with Gasteiger partial charge in [0.25, 0.3) is 0 Å². The molecule has 2 aromatic carbocycles. The van der Waals surface area contributed by atoms with E-state index in [0.29, 0.717) is 17.3 Å². The van der Waals surface area contributed by atoms with E-state index in [9.17, 15) is 9.50 Å². The minimum absolute atomic E-state index is 0.153. The normalized spacial score (nSPS) is 10.5. The molecular weight excluding hydrogens is 312 g/mol. The third-order valence-electron chi connectivity index (χ3n) is 2.51. The zero-order chi connectivity index (χ0) is 14.0. The Morgan fingerprint density at radius 2 is 1.63 bits per heavy atom. The Labute approximate surface area is 124 Å². The topological polar surface area (TPSA) is 32.3 Å². The Morgan fingerprint density at radius 1 is 1.00 bits per heavy atom. The Balaban J connectivity index is 2.14. The van der Waals surface area contributed by atoms with Gasteiger partial charge < -0.3 is 10.4 Å². The SMILES string of the molecule is Oc1c(Cl)cc(NCc2ccc(F)cc2Cl)cc1Cl. The molecule has 0 fully saturated rings. The average Bonchev–Trinajstić information content (AvgIpc) is 2.34. The molecule has 0 saturated carbocycles. The first-order chi connectivity index (χ1) is 8.97. The second-order valence-electron chi connectivity index (χ2n) is 3.88. The predicted octanol–water partition coefficient (Wildman–Crippen LogP) is 5.10.